The van der Waals surface area contributed by atoms with Crippen molar-refractivity contribution in [2.45, 2.75) is 19.8 Å². The van der Waals surface area contributed by atoms with Gasteiger partial charge in [0.05, 0.1) is 0 Å². The highest BCUT2D eigenvalue weighted by atomic mass is 19.1. The normalized spacial score (nSPS) is 10.7. The van der Waals surface area contributed by atoms with Gasteiger partial charge in [0.2, 0.25) is 11.8 Å². The Labute approximate surface area is 137 Å². The van der Waals surface area contributed by atoms with Gasteiger partial charge in [-0.1, -0.05) is 12.1 Å². The lowest BCUT2D eigenvalue weighted by atomic mass is 10.1. The average Bonchev–Trinajstić information content (AvgIpc) is 2.48. The van der Waals surface area contributed by atoms with E-state index in [-0.39, 0.29) is 24.1 Å². The molecule has 0 aliphatic heterocycles. The van der Waals surface area contributed by atoms with Crippen LogP contribution in [-0.2, 0) is 16.0 Å². The van der Waals surface area contributed by atoms with Crippen molar-refractivity contribution < 1.29 is 14.0 Å². The lowest BCUT2D eigenvalue weighted by Gasteiger charge is -2.22. The number of carbonyl (C=O) groups is 2. The quantitative estimate of drug-likeness (QED) is 0.745. The molecule has 128 valence electrons. The van der Waals surface area contributed by atoms with E-state index < -0.39 is 0 Å². The standard InChI is InChI=1S/C17H26FN3O2/c1-14(22)21(13-12-20(2)3)11-9-17(23)19-10-8-15-4-6-16(18)7-5-15/h4-7H,8-13H2,1-3H3,(H,19,23). The SMILES string of the molecule is CC(=O)N(CCC(=O)NCCc1ccc(F)cc1)CCN(C)C. The van der Waals surface area contributed by atoms with Crippen LogP contribution in [0.25, 0.3) is 0 Å². The maximum Gasteiger partial charge on any atom is 0.221 e. The van der Waals surface area contributed by atoms with E-state index in [1.807, 2.05) is 19.0 Å². The summed E-state index contributed by atoms with van der Waals surface area (Å²) in [5, 5.41) is 2.82. The third-order valence-corrected chi connectivity index (χ3v) is 3.52. The van der Waals surface area contributed by atoms with Crippen LogP contribution in [-0.4, -0.2) is 61.9 Å². The first-order valence-corrected chi connectivity index (χ1v) is 7.80. The first-order chi connectivity index (χ1) is 10.9. The van der Waals surface area contributed by atoms with Gasteiger partial charge in [-0.05, 0) is 38.2 Å². The lowest BCUT2D eigenvalue weighted by Crippen LogP contribution is -2.38. The minimum atomic E-state index is -0.264. The Morgan fingerprint density at radius 3 is 2.30 bits per heavy atom. The fourth-order valence-corrected chi connectivity index (χ4v) is 2.07. The van der Waals surface area contributed by atoms with E-state index in [0.29, 0.717) is 26.1 Å². The molecule has 5 nitrogen and oxygen atoms in total. The van der Waals surface area contributed by atoms with E-state index >= 15 is 0 Å². The first-order valence-electron chi connectivity index (χ1n) is 7.80. The number of hydrogen-bond donors (Lipinski definition) is 1. The Morgan fingerprint density at radius 1 is 1.09 bits per heavy atom. The molecule has 0 bridgehead atoms. The zero-order chi connectivity index (χ0) is 17.2. The van der Waals surface area contributed by atoms with E-state index in [0.717, 1.165) is 12.1 Å². The van der Waals surface area contributed by atoms with Crippen LogP contribution < -0.4 is 5.32 Å². The van der Waals surface area contributed by atoms with Gasteiger partial charge in [-0.15, -0.1) is 0 Å². The first kappa shape index (κ1) is 19.1. The summed E-state index contributed by atoms with van der Waals surface area (Å²) in [4.78, 5) is 27.1. The number of nitrogens with one attached hydrogen (secondary N) is 1. The molecule has 0 aliphatic carbocycles. The molecule has 0 atom stereocenters. The van der Waals surface area contributed by atoms with Gasteiger partial charge in [0.1, 0.15) is 5.82 Å². The van der Waals surface area contributed by atoms with Gasteiger partial charge in [-0.25, -0.2) is 4.39 Å². The maximum atomic E-state index is 12.8. The predicted octanol–water partition coefficient (Wildman–Crippen LogP) is 1.28. The van der Waals surface area contributed by atoms with Crippen molar-refractivity contribution in [2.24, 2.45) is 0 Å². The molecule has 0 fully saturated rings. The molecule has 0 spiro atoms. The molecule has 0 saturated heterocycles. The number of nitrogens with zero attached hydrogens (tertiary/aromatic N) is 2. The van der Waals surface area contributed by atoms with Crippen molar-refractivity contribution in [1.29, 1.82) is 0 Å². The molecule has 1 aromatic carbocycles. The number of hydrogen-bond acceptors (Lipinski definition) is 3. The van der Waals surface area contributed by atoms with E-state index in [1.54, 1.807) is 17.0 Å². The molecule has 23 heavy (non-hydrogen) atoms. The van der Waals surface area contributed by atoms with Crippen molar-refractivity contribution >= 4 is 11.8 Å². The number of halogens is 1. The number of amides is 2. The Kier molecular flexibility index (Phi) is 8.26. The van der Waals surface area contributed by atoms with E-state index in [1.165, 1.54) is 19.1 Å². The molecule has 1 N–H and O–H groups in total. The Bertz CT molecular complexity index is 503. The second-order valence-corrected chi connectivity index (χ2v) is 5.79. The van der Waals surface area contributed by atoms with Gasteiger partial charge < -0.3 is 15.1 Å². The van der Waals surface area contributed by atoms with Gasteiger partial charge in [0.15, 0.2) is 0 Å². The predicted molar refractivity (Wildman–Crippen MR) is 88.5 cm³/mol. The average molecular weight is 323 g/mol. The van der Waals surface area contributed by atoms with Gasteiger partial charge in [-0.3, -0.25) is 9.59 Å². The third kappa shape index (κ3) is 8.30. The van der Waals surface area contributed by atoms with Crippen LogP contribution in [0.1, 0.15) is 18.9 Å². The zero-order valence-electron chi connectivity index (χ0n) is 14.1. The van der Waals surface area contributed by atoms with Crippen molar-refractivity contribution in [1.82, 2.24) is 15.1 Å². The summed E-state index contributed by atoms with van der Waals surface area (Å²) in [7, 11) is 3.89. The summed E-state index contributed by atoms with van der Waals surface area (Å²) in [5.74, 6) is -0.367. The summed E-state index contributed by atoms with van der Waals surface area (Å²) >= 11 is 0. The molecule has 0 unspecified atom stereocenters. The summed E-state index contributed by atoms with van der Waals surface area (Å²) in [5.41, 5.74) is 0.975. The molecular weight excluding hydrogens is 297 g/mol. The highest BCUT2D eigenvalue weighted by Crippen LogP contribution is 2.02. The van der Waals surface area contributed by atoms with Crippen molar-refractivity contribution in [2.75, 3.05) is 40.3 Å². The van der Waals surface area contributed by atoms with Crippen molar-refractivity contribution in [3.63, 3.8) is 0 Å². The zero-order valence-corrected chi connectivity index (χ0v) is 14.1. The van der Waals surface area contributed by atoms with Gasteiger partial charge >= 0.3 is 0 Å². The van der Waals surface area contributed by atoms with Crippen LogP contribution in [0.5, 0.6) is 0 Å². The summed E-state index contributed by atoms with van der Waals surface area (Å²) in [6, 6.07) is 6.24. The molecule has 6 heteroatoms. The molecule has 0 radical (unpaired) electrons. The maximum absolute atomic E-state index is 12.8. The Balaban J connectivity index is 2.26. The van der Waals surface area contributed by atoms with E-state index in [2.05, 4.69) is 5.32 Å². The number of rotatable bonds is 9. The van der Waals surface area contributed by atoms with Gasteiger partial charge in [0.25, 0.3) is 0 Å². The summed E-state index contributed by atoms with van der Waals surface area (Å²) in [6.07, 6.45) is 0.944. The number of benzene rings is 1. The van der Waals surface area contributed by atoms with Crippen LogP contribution >= 0.6 is 0 Å². The van der Waals surface area contributed by atoms with E-state index in [4.69, 9.17) is 0 Å². The van der Waals surface area contributed by atoms with Crippen LogP contribution in [0.3, 0.4) is 0 Å². The molecular formula is C17H26FN3O2. The molecule has 0 aromatic heterocycles. The molecule has 0 heterocycles. The smallest absolute Gasteiger partial charge is 0.221 e. The summed E-state index contributed by atoms with van der Waals surface area (Å²) < 4.78 is 12.8. The van der Waals surface area contributed by atoms with Crippen LogP contribution in [0.2, 0.25) is 0 Å². The van der Waals surface area contributed by atoms with Gasteiger partial charge in [-0.2, -0.15) is 0 Å². The van der Waals surface area contributed by atoms with Crippen molar-refractivity contribution in [3.8, 4) is 0 Å². The molecule has 2 amide bonds. The largest absolute Gasteiger partial charge is 0.356 e. The third-order valence-electron chi connectivity index (χ3n) is 3.52. The molecule has 1 rings (SSSR count). The second-order valence-electron chi connectivity index (χ2n) is 5.79. The highest BCUT2D eigenvalue weighted by Gasteiger charge is 2.11. The fourth-order valence-electron chi connectivity index (χ4n) is 2.07. The van der Waals surface area contributed by atoms with Crippen molar-refractivity contribution in [3.05, 3.63) is 35.6 Å². The number of carbonyl (C=O) groups excluding carboxylic acids is 2. The second kappa shape index (κ2) is 9.94. The fraction of sp³-hybridized carbons (Fsp3) is 0.529. The lowest BCUT2D eigenvalue weighted by molar-refractivity contribution is -0.129. The van der Waals surface area contributed by atoms with Gasteiger partial charge in [0, 0.05) is 39.5 Å². The topological polar surface area (TPSA) is 52.7 Å². The Hall–Kier alpha value is -1.95. The minimum Gasteiger partial charge on any atom is -0.356 e. The molecule has 0 aliphatic rings. The summed E-state index contributed by atoms with van der Waals surface area (Å²) in [6.45, 7) is 3.83. The molecule has 0 saturated carbocycles. The minimum absolute atomic E-state index is 0.0223. The Morgan fingerprint density at radius 2 is 1.74 bits per heavy atom. The highest BCUT2D eigenvalue weighted by molar-refractivity contribution is 5.78. The van der Waals surface area contributed by atoms with E-state index in [9.17, 15) is 14.0 Å². The number of likely N-dealkylation sites (N-methyl/N-ethyl adjacent to an activating group) is 1. The monoisotopic (exact) mass is 323 g/mol. The van der Waals surface area contributed by atoms with Crippen LogP contribution in [0.15, 0.2) is 24.3 Å². The van der Waals surface area contributed by atoms with Crippen LogP contribution in [0.4, 0.5) is 4.39 Å². The van der Waals surface area contributed by atoms with Crippen LogP contribution in [0, 0.1) is 5.82 Å². The molecule has 1 aromatic rings.